The maximum absolute atomic E-state index is 6.39. The predicted molar refractivity (Wildman–Crippen MR) is 191 cm³/mol. The van der Waals surface area contributed by atoms with E-state index in [1.807, 2.05) is 0 Å². The first-order valence-corrected chi connectivity index (χ1v) is 16.0. The highest BCUT2D eigenvalue weighted by atomic mass is 16.3. The quantitative estimate of drug-likeness (QED) is 0.204. The van der Waals surface area contributed by atoms with Gasteiger partial charge in [0.1, 0.15) is 11.2 Å². The third-order valence-corrected chi connectivity index (χ3v) is 10.2. The Morgan fingerprint density at radius 3 is 2.15 bits per heavy atom. The number of rotatable bonds is 3. The van der Waals surface area contributed by atoms with Crippen molar-refractivity contribution in [2.75, 3.05) is 4.90 Å². The number of allylic oxidation sites excluding steroid dienone is 2. The van der Waals surface area contributed by atoms with Gasteiger partial charge >= 0.3 is 0 Å². The molecule has 1 aliphatic heterocycles. The van der Waals surface area contributed by atoms with Gasteiger partial charge in [-0.2, -0.15) is 0 Å². The van der Waals surface area contributed by atoms with Crippen molar-refractivity contribution >= 4 is 55.1 Å². The van der Waals surface area contributed by atoms with Crippen LogP contribution in [0.3, 0.4) is 0 Å². The van der Waals surface area contributed by atoms with E-state index in [1.54, 1.807) is 0 Å². The lowest BCUT2D eigenvalue weighted by molar-refractivity contribution is 0.551. The highest BCUT2D eigenvalue weighted by Gasteiger charge is 2.46. The van der Waals surface area contributed by atoms with Crippen LogP contribution >= 0.6 is 0 Å². The number of aromatic nitrogens is 1. The number of benzene rings is 6. The molecule has 1 aliphatic carbocycles. The molecular formula is C43H30N2O. The van der Waals surface area contributed by atoms with Crippen molar-refractivity contribution in [3.05, 3.63) is 163 Å². The zero-order valence-electron chi connectivity index (χ0n) is 25.4. The second kappa shape index (κ2) is 9.35. The number of fused-ring (bicyclic) bond motifs is 9. The summed E-state index contributed by atoms with van der Waals surface area (Å²) >= 11 is 0. The van der Waals surface area contributed by atoms with Crippen LogP contribution in [-0.4, -0.2) is 10.6 Å². The van der Waals surface area contributed by atoms with E-state index in [0.29, 0.717) is 0 Å². The molecule has 0 saturated heterocycles. The smallest absolute Gasteiger partial charge is 0.135 e. The summed E-state index contributed by atoms with van der Waals surface area (Å²) < 4.78 is 8.75. The van der Waals surface area contributed by atoms with E-state index >= 15 is 0 Å². The maximum Gasteiger partial charge on any atom is 0.135 e. The van der Waals surface area contributed by atoms with E-state index in [2.05, 4.69) is 174 Å². The lowest BCUT2D eigenvalue weighted by Gasteiger charge is -2.34. The maximum atomic E-state index is 6.39. The Balaban J connectivity index is 1.12. The molecule has 0 amide bonds. The Bertz CT molecular complexity index is 2570. The van der Waals surface area contributed by atoms with Crippen molar-refractivity contribution in [2.45, 2.75) is 18.4 Å². The summed E-state index contributed by atoms with van der Waals surface area (Å²) in [5.41, 5.74) is 11.5. The van der Waals surface area contributed by atoms with Crippen LogP contribution in [0.1, 0.15) is 12.5 Å². The van der Waals surface area contributed by atoms with Crippen LogP contribution in [0, 0.1) is 0 Å². The average Bonchev–Trinajstić information content (AvgIpc) is 3.73. The van der Waals surface area contributed by atoms with E-state index in [1.165, 1.54) is 55.6 Å². The van der Waals surface area contributed by atoms with Crippen LogP contribution in [0.4, 0.5) is 11.4 Å². The molecule has 3 nitrogen and oxygen atoms in total. The number of nitrogens with zero attached hydrogens (tertiary/aromatic N) is 2. The summed E-state index contributed by atoms with van der Waals surface area (Å²) in [5, 5.41) is 4.78. The lowest BCUT2D eigenvalue weighted by Crippen LogP contribution is -2.39. The van der Waals surface area contributed by atoms with Gasteiger partial charge in [0, 0.05) is 44.0 Å². The Hall–Kier alpha value is -5.80. The van der Waals surface area contributed by atoms with E-state index in [4.69, 9.17) is 4.42 Å². The van der Waals surface area contributed by atoms with Gasteiger partial charge in [0.05, 0.1) is 17.1 Å². The molecular weight excluding hydrogens is 560 g/mol. The summed E-state index contributed by atoms with van der Waals surface area (Å²) in [6, 6.07) is 48.5. The van der Waals surface area contributed by atoms with Gasteiger partial charge in [0.15, 0.2) is 0 Å². The van der Waals surface area contributed by atoms with Crippen LogP contribution in [-0.2, 0) is 5.41 Å². The summed E-state index contributed by atoms with van der Waals surface area (Å²) in [4.78, 5) is 2.49. The molecule has 10 rings (SSSR count). The highest BCUT2D eigenvalue weighted by molar-refractivity contribution is 6.11. The molecule has 0 spiro atoms. The summed E-state index contributed by atoms with van der Waals surface area (Å²) in [6.07, 6.45) is 9.04. The van der Waals surface area contributed by atoms with Gasteiger partial charge in [-0.25, -0.2) is 0 Å². The largest absolute Gasteiger partial charge is 0.456 e. The molecule has 3 heteroatoms. The molecule has 2 unspecified atom stereocenters. The van der Waals surface area contributed by atoms with E-state index < -0.39 is 0 Å². The highest BCUT2D eigenvalue weighted by Crippen LogP contribution is 2.51. The third kappa shape index (κ3) is 3.48. The molecule has 8 aromatic rings. The molecule has 3 heterocycles. The van der Waals surface area contributed by atoms with Gasteiger partial charge in [-0.3, -0.25) is 0 Å². The molecule has 46 heavy (non-hydrogen) atoms. The molecule has 6 aromatic carbocycles. The van der Waals surface area contributed by atoms with Crippen molar-refractivity contribution in [1.82, 2.24) is 4.57 Å². The number of para-hydroxylation sites is 3. The lowest BCUT2D eigenvalue weighted by atomic mass is 9.76. The first-order valence-electron chi connectivity index (χ1n) is 16.0. The van der Waals surface area contributed by atoms with Crippen molar-refractivity contribution in [3.63, 3.8) is 0 Å². The zero-order chi connectivity index (χ0) is 30.4. The molecule has 0 N–H and O–H groups in total. The minimum atomic E-state index is -0.0752. The third-order valence-electron chi connectivity index (χ3n) is 10.2. The van der Waals surface area contributed by atoms with Crippen molar-refractivity contribution in [3.8, 4) is 16.8 Å². The topological polar surface area (TPSA) is 21.3 Å². The normalized spacial score (nSPS) is 18.6. The first-order chi connectivity index (χ1) is 22.7. The fourth-order valence-corrected chi connectivity index (χ4v) is 8.02. The van der Waals surface area contributed by atoms with Crippen LogP contribution in [0.5, 0.6) is 0 Å². The Kier molecular flexibility index (Phi) is 5.19. The van der Waals surface area contributed by atoms with Gasteiger partial charge in [-0.15, -0.1) is 0 Å². The molecule has 0 saturated carbocycles. The minimum Gasteiger partial charge on any atom is -0.456 e. The fourth-order valence-electron chi connectivity index (χ4n) is 8.02. The summed E-state index contributed by atoms with van der Waals surface area (Å²) in [5.74, 6) is 0. The van der Waals surface area contributed by atoms with Gasteiger partial charge in [0.25, 0.3) is 0 Å². The fraction of sp³-hybridized carbons (Fsp3) is 0.0698. The molecule has 2 atom stereocenters. The Morgan fingerprint density at radius 2 is 1.26 bits per heavy atom. The Morgan fingerprint density at radius 1 is 0.565 bits per heavy atom. The Labute approximate surface area is 266 Å². The van der Waals surface area contributed by atoms with Crippen LogP contribution < -0.4 is 4.90 Å². The van der Waals surface area contributed by atoms with E-state index in [9.17, 15) is 0 Å². The monoisotopic (exact) mass is 590 g/mol. The zero-order valence-corrected chi connectivity index (χ0v) is 25.4. The SMILES string of the molecule is CC12C=CC=CC1N(c1ccc3oc4ccc(-c5ccc6c(c5)c5ccccc5n6-c5ccccc5)cc4c3c1)c1ccccc12. The van der Waals surface area contributed by atoms with Crippen LogP contribution in [0.25, 0.3) is 60.6 Å². The van der Waals surface area contributed by atoms with Crippen molar-refractivity contribution in [2.24, 2.45) is 0 Å². The molecule has 0 radical (unpaired) electrons. The number of hydrogen-bond acceptors (Lipinski definition) is 2. The summed E-state index contributed by atoms with van der Waals surface area (Å²) in [7, 11) is 0. The second-order valence-corrected chi connectivity index (χ2v) is 12.8. The number of furan rings is 1. The van der Waals surface area contributed by atoms with Crippen molar-refractivity contribution < 1.29 is 4.42 Å². The second-order valence-electron chi connectivity index (χ2n) is 12.8. The van der Waals surface area contributed by atoms with Gasteiger partial charge in [-0.1, -0.05) is 91.0 Å². The van der Waals surface area contributed by atoms with E-state index in [0.717, 1.165) is 21.9 Å². The summed E-state index contributed by atoms with van der Waals surface area (Å²) in [6.45, 7) is 2.35. The molecule has 0 fully saturated rings. The van der Waals surface area contributed by atoms with E-state index in [-0.39, 0.29) is 11.5 Å². The minimum absolute atomic E-state index is 0.0752. The first kappa shape index (κ1) is 25.5. The predicted octanol–water partition coefficient (Wildman–Crippen LogP) is 11.3. The standard InChI is InChI=1S/C43H30N2O/c1-43-24-10-9-17-42(43)45(39-16-8-6-14-36(39)43)31-20-23-41-35(27-31)34-26-29(19-22-40(34)46-41)28-18-21-38-33(25-28)32-13-5-7-15-37(32)44(38)30-11-3-2-4-12-30/h2-27,42H,1H3. The van der Waals surface area contributed by atoms with Gasteiger partial charge in [-0.05, 0) is 90.3 Å². The van der Waals surface area contributed by atoms with Crippen LogP contribution in [0.15, 0.2) is 162 Å². The molecule has 0 bridgehead atoms. The van der Waals surface area contributed by atoms with Crippen molar-refractivity contribution in [1.29, 1.82) is 0 Å². The number of anilines is 2. The molecule has 2 aromatic heterocycles. The van der Waals surface area contributed by atoms with Gasteiger partial charge < -0.3 is 13.9 Å². The number of hydrogen-bond donors (Lipinski definition) is 0. The van der Waals surface area contributed by atoms with Gasteiger partial charge in [0.2, 0.25) is 0 Å². The molecule has 218 valence electrons. The molecule has 2 aliphatic rings. The van der Waals surface area contributed by atoms with Crippen LogP contribution in [0.2, 0.25) is 0 Å². The average molecular weight is 591 g/mol.